The number of aromatic nitrogens is 2. The molecular formula is C9H11ClN2. The van der Waals surface area contributed by atoms with Crippen molar-refractivity contribution < 1.29 is 0 Å². The van der Waals surface area contributed by atoms with Gasteiger partial charge >= 0.3 is 0 Å². The summed E-state index contributed by atoms with van der Waals surface area (Å²) in [5, 5.41) is 0. The van der Waals surface area contributed by atoms with E-state index in [4.69, 9.17) is 0 Å². The van der Waals surface area contributed by atoms with Crippen LogP contribution < -0.4 is 0 Å². The summed E-state index contributed by atoms with van der Waals surface area (Å²) in [5.74, 6) is 0. The summed E-state index contributed by atoms with van der Waals surface area (Å²) >= 11 is 0. The Balaban J connectivity index is 0.000000720. The van der Waals surface area contributed by atoms with Gasteiger partial charge in [-0.25, -0.2) is 0 Å². The van der Waals surface area contributed by atoms with Crippen molar-refractivity contribution in [2.45, 2.75) is 13.5 Å². The van der Waals surface area contributed by atoms with Crippen LogP contribution in [0.15, 0.2) is 30.6 Å². The zero-order chi connectivity index (χ0) is 7.68. The van der Waals surface area contributed by atoms with Crippen molar-refractivity contribution in [2.24, 2.45) is 0 Å². The molecule has 0 unspecified atom stereocenters. The molecule has 0 atom stereocenters. The minimum Gasteiger partial charge on any atom is -0.346 e. The molecule has 0 spiro atoms. The Morgan fingerprint density at radius 2 is 2.25 bits per heavy atom. The number of aryl methyl sites for hydroxylation is 1. The number of pyridine rings is 1. The van der Waals surface area contributed by atoms with Gasteiger partial charge in [0.05, 0.1) is 11.0 Å². The molecule has 0 saturated carbocycles. The summed E-state index contributed by atoms with van der Waals surface area (Å²) in [6.07, 6.45) is 3.89. The van der Waals surface area contributed by atoms with E-state index in [1.807, 2.05) is 18.3 Å². The molecule has 0 bridgehead atoms. The third-order valence-electron chi connectivity index (χ3n) is 1.88. The molecule has 0 amide bonds. The summed E-state index contributed by atoms with van der Waals surface area (Å²) in [6, 6.07) is 6.10. The number of hydrogen-bond acceptors (Lipinski definition) is 1. The molecular weight excluding hydrogens is 172 g/mol. The number of fused-ring (bicyclic) bond motifs is 1. The standard InChI is InChI=1S/C9H10N2.ClH/c1-2-11-7-5-8-9(11)4-3-6-10-8;/h3-7H,2H2,1H3;1H. The van der Waals surface area contributed by atoms with Crippen LogP contribution >= 0.6 is 12.4 Å². The molecule has 2 rings (SSSR count). The zero-order valence-corrected chi connectivity index (χ0v) is 7.71. The zero-order valence-electron chi connectivity index (χ0n) is 6.90. The van der Waals surface area contributed by atoms with E-state index in [-0.39, 0.29) is 12.4 Å². The lowest BCUT2D eigenvalue weighted by Crippen LogP contribution is -1.89. The predicted octanol–water partition coefficient (Wildman–Crippen LogP) is 2.48. The highest BCUT2D eigenvalue weighted by Crippen LogP contribution is 2.11. The lowest BCUT2D eigenvalue weighted by atomic mass is 10.4. The van der Waals surface area contributed by atoms with Crippen molar-refractivity contribution in [1.29, 1.82) is 0 Å². The van der Waals surface area contributed by atoms with Crippen LogP contribution in [0.2, 0.25) is 0 Å². The summed E-state index contributed by atoms with van der Waals surface area (Å²) < 4.78 is 2.18. The van der Waals surface area contributed by atoms with Gasteiger partial charge in [-0.3, -0.25) is 4.98 Å². The van der Waals surface area contributed by atoms with Crippen molar-refractivity contribution in [3.05, 3.63) is 30.6 Å². The smallest absolute Gasteiger partial charge is 0.0880 e. The Labute approximate surface area is 77.6 Å². The Bertz CT molecular complexity index is 367. The quantitative estimate of drug-likeness (QED) is 0.663. The average Bonchev–Trinajstić information content (AvgIpc) is 2.47. The van der Waals surface area contributed by atoms with Gasteiger partial charge in [-0.15, -0.1) is 12.4 Å². The average molecular weight is 183 g/mol. The first-order chi connectivity index (χ1) is 5.42. The second kappa shape index (κ2) is 3.59. The van der Waals surface area contributed by atoms with Gasteiger partial charge < -0.3 is 4.57 Å². The van der Waals surface area contributed by atoms with E-state index in [1.54, 1.807) is 0 Å². The fourth-order valence-electron chi connectivity index (χ4n) is 1.30. The highest BCUT2D eigenvalue weighted by Gasteiger charge is 1.96. The van der Waals surface area contributed by atoms with Gasteiger partial charge in [0.2, 0.25) is 0 Å². The molecule has 0 aliphatic carbocycles. The van der Waals surface area contributed by atoms with Crippen LogP contribution in [0, 0.1) is 0 Å². The highest BCUT2D eigenvalue weighted by molar-refractivity contribution is 5.85. The largest absolute Gasteiger partial charge is 0.346 e. The van der Waals surface area contributed by atoms with E-state index in [9.17, 15) is 0 Å². The summed E-state index contributed by atoms with van der Waals surface area (Å²) in [6.45, 7) is 3.14. The second-order valence-electron chi connectivity index (χ2n) is 2.51. The third-order valence-corrected chi connectivity index (χ3v) is 1.88. The van der Waals surface area contributed by atoms with Crippen molar-refractivity contribution in [1.82, 2.24) is 9.55 Å². The maximum Gasteiger partial charge on any atom is 0.0880 e. The van der Waals surface area contributed by atoms with E-state index in [2.05, 4.69) is 28.7 Å². The SMILES string of the molecule is CCn1ccc2ncccc21.Cl. The lowest BCUT2D eigenvalue weighted by molar-refractivity contribution is 0.797. The van der Waals surface area contributed by atoms with Crippen LogP contribution in [0.5, 0.6) is 0 Å². The van der Waals surface area contributed by atoms with E-state index < -0.39 is 0 Å². The Hall–Kier alpha value is -1.02. The molecule has 0 saturated heterocycles. The van der Waals surface area contributed by atoms with Crippen LogP contribution in [0.25, 0.3) is 11.0 Å². The van der Waals surface area contributed by atoms with Crippen molar-refractivity contribution in [3.8, 4) is 0 Å². The van der Waals surface area contributed by atoms with Crippen molar-refractivity contribution in [2.75, 3.05) is 0 Å². The molecule has 2 aromatic heterocycles. The molecule has 0 aromatic carbocycles. The molecule has 0 N–H and O–H groups in total. The minimum atomic E-state index is 0. The van der Waals surface area contributed by atoms with Gasteiger partial charge in [0.15, 0.2) is 0 Å². The van der Waals surface area contributed by atoms with Crippen LogP contribution in [-0.4, -0.2) is 9.55 Å². The Kier molecular flexibility index (Phi) is 2.71. The number of halogens is 1. The minimum absolute atomic E-state index is 0. The van der Waals surface area contributed by atoms with Gasteiger partial charge in [-0.1, -0.05) is 0 Å². The first-order valence-corrected chi connectivity index (χ1v) is 3.81. The number of nitrogens with zero attached hydrogens (tertiary/aromatic N) is 2. The summed E-state index contributed by atoms with van der Waals surface area (Å²) in [5.41, 5.74) is 2.30. The van der Waals surface area contributed by atoms with Gasteiger partial charge in [-0.2, -0.15) is 0 Å². The fourth-order valence-corrected chi connectivity index (χ4v) is 1.30. The van der Waals surface area contributed by atoms with Crippen LogP contribution in [-0.2, 0) is 6.54 Å². The number of hydrogen-bond donors (Lipinski definition) is 0. The summed E-state index contributed by atoms with van der Waals surface area (Å²) in [4.78, 5) is 4.23. The van der Waals surface area contributed by atoms with Gasteiger partial charge in [0, 0.05) is 18.9 Å². The van der Waals surface area contributed by atoms with Crippen LogP contribution in [0.1, 0.15) is 6.92 Å². The normalized spacial score (nSPS) is 9.75. The van der Waals surface area contributed by atoms with Gasteiger partial charge in [0.1, 0.15) is 0 Å². The van der Waals surface area contributed by atoms with E-state index >= 15 is 0 Å². The number of rotatable bonds is 1. The van der Waals surface area contributed by atoms with E-state index in [0.717, 1.165) is 12.1 Å². The van der Waals surface area contributed by atoms with Crippen LogP contribution in [0.3, 0.4) is 0 Å². The lowest BCUT2D eigenvalue weighted by Gasteiger charge is -1.97. The van der Waals surface area contributed by atoms with Crippen molar-refractivity contribution >= 4 is 23.4 Å². The maximum absolute atomic E-state index is 4.23. The molecule has 3 heteroatoms. The molecule has 0 aliphatic heterocycles. The van der Waals surface area contributed by atoms with Crippen molar-refractivity contribution in [3.63, 3.8) is 0 Å². The molecule has 64 valence electrons. The molecule has 2 aromatic rings. The van der Waals surface area contributed by atoms with Gasteiger partial charge in [0.25, 0.3) is 0 Å². The topological polar surface area (TPSA) is 17.8 Å². The highest BCUT2D eigenvalue weighted by atomic mass is 35.5. The molecule has 2 nitrogen and oxygen atoms in total. The molecule has 2 heterocycles. The van der Waals surface area contributed by atoms with Crippen LogP contribution in [0.4, 0.5) is 0 Å². The van der Waals surface area contributed by atoms with Gasteiger partial charge in [-0.05, 0) is 25.1 Å². The maximum atomic E-state index is 4.23. The summed E-state index contributed by atoms with van der Waals surface area (Å²) in [7, 11) is 0. The van der Waals surface area contributed by atoms with E-state index in [1.165, 1.54) is 5.52 Å². The molecule has 0 fully saturated rings. The second-order valence-corrected chi connectivity index (χ2v) is 2.51. The Morgan fingerprint density at radius 3 is 3.00 bits per heavy atom. The predicted molar refractivity (Wildman–Crippen MR) is 52.7 cm³/mol. The van der Waals surface area contributed by atoms with E-state index in [0.29, 0.717) is 0 Å². The molecule has 12 heavy (non-hydrogen) atoms. The first kappa shape index (κ1) is 9.07. The fraction of sp³-hybridized carbons (Fsp3) is 0.222. The first-order valence-electron chi connectivity index (χ1n) is 3.81. The molecule has 0 radical (unpaired) electrons. The monoisotopic (exact) mass is 182 g/mol. The Morgan fingerprint density at radius 1 is 1.42 bits per heavy atom. The third kappa shape index (κ3) is 1.30. The molecule has 0 aliphatic rings.